The summed E-state index contributed by atoms with van der Waals surface area (Å²) >= 11 is 6.17. The Kier molecular flexibility index (Phi) is 7.32. The number of nitrogens with one attached hydrogen (secondary N) is 2. The highest BCUT2D eigenvalue weighted by molar-refractivity contribution is 6.32. The van der Waals surface area contributed by atoms with E-state index in [1.807, 2.05) is 51.1 Å². The summed E-state index contributed by atoms with van der Waals surface area (Å²) in [5.74, 6) is -0.0593. The summed E-state index contributed by atoms with van der Waals surface area (Å²) in [6, 6.07) is 20.0. The number of anilines is 1. The molecule has 0 bridgehead atoms. The van der Waals surface area contributed by atoms with Crippen LogP contribution in [0.25, 0.3) is 0 Å². The molecule has 3 aromatic rings. The van der Waals surface area contributed by atoms with Gasteiger partial charge in [0.25, 0.3) is 11.8 Å². The average molecular weight is 437 g/mol. The third kappa shape index (κ3) is 5.86. The molecule has 0 radical (unpaired) electrons. The van der Waals surface area contributed by atoms with E-state index in [0.29, 0.717) is 22.0 Å². The number of hydrogen-bond donors (Lipinski definition) is 2. The summed E-state index contributed by atoms with van der Waals surface area (Å²) in [6.07, 6.45) is 0. The summed E-state index contributed by atoms with van der Waals surface area (Å²) in [6.45, 7) is 5.50. The minimum Gasteiger partial charge on any atom is -0.484 e. The molecule has 0 saturated carbocycles. The lowest BCUT2D eigenvalue weighted by atomic mass is 10.1. The van der Waals surface area contributed by atoms with Gasteiger partial charge in [-0.2, -0.15) is 0 Å². The van der Waals surface area contributed by atoms with Crippen molar-refractivity contribution in [1.82, 2.24) is 5.32 Å². The van der Waals surface area contributed by atoms with E-state index in [1.54, 1.807) is 36.4 Å². The monoisotopic (exact) mass is 436 g/mol. The molecule has 160 valence electrons. The van der Waals surface area contributed by atoms with Gasteiger partial charge < -0.3 is 15.4 Å². The predicted molar refractivity (Wildman–Crippen MR) is 124 cm³/mol. The molecule has 0 aliphatic carbocycles. The maximum atomic E-state index is 12.8. The van der Waals surface area contributed by atoms with Gasteiger partial charge in [0.1, 0.15) is 5.75 Å². The second kappa shape index (κ2) is 10.1. The third-order valence-corrected chi connectivity index (χ3v) is 5.47. The Morgan fingerprint density at radius 3 is 2.26 bits per heavy atom. The van der Waals surface area contributed by atoms with Crippen LogP contribution in [0.3, 0.4) is 0 Å². The summed E-state index contributed by atoms with van der Waals surface area (Å²) in [4.78, 5) is 25.3. The molecule has 3 rings (SSSR count). The number of halogens is 1. The number of amides is 2. The number of carbonyl (C=O) groups is 2. The SMILES string of the molecule is Cc1cc(OCC(=O)Nc2ccccc2C(=O)N[C@H](C)c2ccccc2)cc(C)c1Cl. The van der Waals surface area contributed by atoms with Crippen LogP contribution < -0.4 is 15.4 Å². The Morgan fingerprint density at radius 1 is 0.968 bits per heavy atom. The molecule has 0 aliphatic rings. The minimum atomic E-state index is -0.360. The van der Waals surface area contributed by atoms with Crippen LogP contribution in [0.4, 0.5) is 5.69 Å². The highest BCUT2D eigenvalue weighted by Crippen LogP contribution is 2.26. The predicted octanol–water partition coefficient (Wildman–Crippen LogP) is 5.47. The zero-order valence-electron chi connectivity index (χ0n) is 17.7. The van der Waals surface area contributed by atoms with Crippen LogP contribution in [-0.4, -0.2) is 18.4 Å². The topological polar surface area (TPSA) is 67.4 Å². The normalized spacial score (nSPS) is 11.5. The quantitative estimate of drug-likeness (QED) is 0.516. The van der Waals surface area contributed by atoms with Crippen molar-refractivity contribution in [3.8, 4) is 5.75 Å². The van der Waals surface area contributed by atoms with Gasteiger partial charge in [0.15, 0.2) is 6.61 Å². The molecule has 2 N–H and O–H groups in total. The minimum absolute atomic E-state index is 0.169. The highest BCUT2D eigenvalue weighted by Gasteiger charge is 2.16. The summed E-state index contributed by atoms with van der Waals surface area (Å²) in [5.41, 5.74) is 3.58. The Balaban J connectivity index is 1.64. The number of aryl methyl sites for hydroxylation is 2. The maximum absolute atomic E-state index is 12.8. The Morgan fingerprint density at radius 2 is 1.58 bits per heavy atom. The van der Waals surface area contributed by atoms with Crippen LogP contribution in [0, 0.1) is 13.8 Å². The van der Waals surface area contributed by atoms with Crippen LogP contribution in [0.15, 0.2) is 66.7 Å². The largest absolute Gasteiger partial charge is 0.484 e. The number of benzene rings is 3. The van der Waals surface area contributed by atoms with Crippen molar-refractivity contribution in [3.05, 3.63) is 94.0 Å². The van der Waals surface area contributed by atoms with Gasteiger partial charge in [-0.05, 0) is 61.7 Å². The number of carbonyl (C=O) groups excluding carboxylic acids is 2. The molecule has 0 aromatic heterocycles. The number of hydrogen-bond acceptors (Lipinski definition) is 3. The first-order valence-electron chi connectivity index (χ1n) is 9.99. The first-order chi connectivity index (χ1) is 14.8. The maximum Gasteiger partial charge on any atom is 0.262 e. The van der Waals surface area contributed by atoms with Crippen molar-refractivity contribution < 1.29 is 14.3 Å². The zero-order chi connectivity index (χ0) is 22.4. The van der Waals surface area contributed by atoms with E-state index in [-0.39, 0.29) is 24.5 Å². The van der Waals surface area contributed by atoms with Crippen molar-refractivity contribution in [2.24, 2.45) is 0 Å². The van der Waals surface area contributed by atoms with E-state index < -0.39 is 0 Å². The second-order valence-corrected chi connectivity index (χ2v) is 7.74. The Bertz CT molecular complexity index is 1060. The van der Waals surface area contributed by atoms with E-state index in [4.69, 9.17) is 16.3 Å². The molecule has 0 heterocycles. The summed E-state index contributed by atoms with van der Waals surface area (Å²) < 4.78 is 5.61. The summed E-state index contributed by atoms with van der Waals surface area (Å²) in [5, 5.41) is 6.41. The van der Waals surface area contributed by atoms with Crippen molar-refractivity contribution in [2.75, 3.05) is 11.9 Å². The van der Waals surface area contributed by atoms with Gasteiger partial charge in [0.05, 0.1) is 17.3 Å². The molecule has 0 spiro atoms. The molecule has 1 atom stereocenters. The lowest BCUT2D eigenvalue weighted by molar-refractivity contribution is -0.118. The Labute approximate surface area is 187 Å². The lowest BCUT2D eigenvalue weighted by Crippen LogP contribution is -2.28. The van der Waals surface area contributed by atoms with Crippen LogP contribution in [0.2, 0.25) is 5.02 Å². The lowest BCUT2D eigenvalue weighted by Gasteiger charge is -2.16. The third-order valence-electron chi connectivity index (χ3n) is 4.87. The van der Waals surface area contributed by atoms with Gasteiger partial charge in [-0.15, -0.1) is 0 Å². The van der Waals surface area contributed by atoms with E-state index in [9.17, 15) is 9.59 Å². The molecule has 0 fully saturated rings. The number of rotatable bonds is 7. The molecule has 0 unspecified atom stereocenters. The van der Waals surface area contributed by atoms with Crippen molar-refractivity contribution in [2.45, 2.75) is 26.8 Å². The van der Waals surface area contributed by atoms with Crippen molar-refractivity contribution in [3.63, 3.8) is 0 Å². The molecule has 0 aliphatic heterocycles. The van der Waals surface area contributed by atoms with Gasteiger partial charge in [0, 0.05) is 5.02 Å². The highest BCUT2D eigenvalue weighted by atomic mass is 35.5. The van der Waals surface area contributed by atoms with Gasteiger partial charge in [-0.25, -0.2) is 0 Å². The van der Waals surface area contributed by atoms with Crippen LogP contribution in [-0.2, 0) is 4.79 Å². The smallest absolute Gasteiger partial charge is 0.262 e. The number of ether oxygens (including phenoxy) is 1. The molecule has 3 aromatic carbocycles. The van der Waals surface area contributed by atoms with E-state index in [0.717, 1.165) is 16.7 Å². The zero-order valence-corrected chi connectivity index (χ0v) is 18.5. The molecule has 2 amide bonds. The van der Waals surface area contributed by atoms with Gasteiger partial charge in [0.2, 0.25) is 0 Å². The van der Waals surface area contributed by atoms with Gasteiger partial charge in [-0.1, -0.05) is 54.1 Å². The fourth-order valence-electron chi connectivity index (χ4n) is 3.21. The molecule has 6 heteroatoms. The molecule has 31 heavy (non-hydrogen) atoms. The van der Waals surface area contributed by atoms with E-state index in [2.05, 4.69) is 10.6 Å². The molecular weight excluding hydrogens is 412 g/mol. The van der Waals surface area contributed by atoms with E-state index in [1.165, 1.54) is 0 Å². The number of para-hydroxylation sites is 1. The van der Waals surface area contributed by atoms with E-state index >= 15 is 0 Å². The fourth-order valence-corrected chi connectivity index (χ4v) is 3.32. The van der Waals surface area contributed by atoms with Crippen LogP contribution in [0.5, 0.6) is 5.75 Å². The Hall–Kier alpha value is -3.31. The first kappa shape index (κ1) is 22.4. The van der Waals surface area contributed by atoms with Gasteiger partial charge >= 0.3 is 0 Å². The molecular formula is C25H25ClN2O3. The first-order valence-corrected chi connectivity index (χ1v) is 10.4. The molecule has 0 saturated heterocycles. The van der Waals surface area contributed by atoms with Crippen molar-refractivity contribution >= 4 is 29.1 Å². The molecule has 5 nitrogen and oxygen atoms in total. The average Bonchev–Trinajstić information content (AvgIpc) is 2.76. The van der Waals surface area contributed by atoms with Crippen LogP contribution >= 0.6 is 11.6 Å². The fraction of sp³-hybridized carbons (Fsp3) is 0.200. The summed E-state index contributed by atoms with van der Waals surface area (Å²) in [7, 11) is 0. The van der Waals surface area contributed by atoms with Gasteiger partial charge in [-0.3, -0.25) is 9.59 Å². The van der Waals surface area contributed by atoms with Crippen LogP contribution in [0.1, 0.15) is 40.0 Å². The second-order valence-electron chi connectivity index (χ2n) is 7.36. The standard InChI is InChI=1S/C25H25ClN2O3/c1-16-13-20(14-17(2)24(16)26)31-15-23(29)28-22-12-8-7-11-21(22)25(30)27-18(3)19-9-5-4-6-10-19/h4-14,18H,15H2,1-3H3,(H,27,30)(H,28,29)/t18-/m1/s1. The van der Waals surface area contributed by atoms with Crippen molar-refractivity contribution in [1.29, 1.82) is 0 Å².